The normalized spacial score (nSPS) is 21.8. The van der Waals surface area contributed by atoms with Crippen LogP contribution in [-0.4, -0.2) is 72.7 Å². The lowest BCUT2D eigenvalue weighted by molar-refractivity contribution is -0.141. The van der Waals surface area contributed by atoms with E-state index in [9.17, 15) is 14.7 Å². The van der Waals surface area contributed by atoms with Crippen LogP contribution in [0.4, 0.5) is 4.79 Å². The molecule has 1 heterocycles. The van der Waals surface area contributed by atoms with Gasteiger partial charge in [-0.1, -0.05) is 13.8 Å². The van der Waals surface area contributed by atoms with Crippen molar-refractivity contribution in [2.75, 3.05) is 39.2 Å². The van der Waals surface area contributed by atoms with Crippen LogP contribution in [0.1, 0.15) is 13.8 Å². The quantitative estimate of drug-likeness (QED) is 0.645. The van der Waals surface area contributed by atoms with Crippen LogP contribution in [0.5, 0.6) is 0 Å². The molecule has 2 atom stereocenters. The van der Waals surface area contributed by atoms with Crippen LogP contribution in [0, 0.1) is 5.92 Å². The Morgan fingerprint density at radius 2 is 2.10 bits per heavy atom. The molecular formula is C13H24N2O5S. The minimum atomic E-state index is -0.961. The Kier molecular flexibility index (Phi) is 7.84. The number of ether oxygens (including phenoxy) is 2. The number of aliphatic carboxylic acids is 1. The van der Waals surface area contributed by atoms with Crippen LogP contribution >= 0.6 is 11.8 Å². The number of carboxylic acid groups (broad SMARTS) is 1. The van der Waals surface area contributed by atoms with E-state index in [1.807, 2.05) is 13.8 Å². The largest absolute Gasteiger partial charge is 0.480 e. The molecule has 0 spiro atoms. The molecule has 0 aromatic heterocycles. The zero-order chi connectivity index (χ0) is 15.8. The maximum atomic E-state index is 12.2. The van der Waals surface area contributed by atoms with E-state index in [4.69, 9.17) is 9.47 Å². The van der Waals surface area contributed by atoms with E-state index < -0.39 is 12.0 Å². The Morgan fingerprint density at radius 1 is 1.38 bits per heavy atom. The van der Waals surface area contributed by atoms with Crippen LogP contribution in [-0.2, 0) is 14.3 Å². The second-order valence-corrected chi connectivity index (χ2v) is 6.22. The topological polar surface area (TPSA) is 88.1 Å². The average molecular weight is 320 g/mol. The number of rotatable bonds is 8. The molecule has 1 fully saturated rings. The predicted molar refractivity (Wildman–Crippen MR) is 80.4 cm³/mol. The standard InChI is InChI=1S/C13H24N2O5S/c1-9(2)11-15(10(8-21-11)12(16)17)13(18)14-4-5-20-7-6-19-3/h9-11H,4-8H2,1-3H3,(H,14,18)(H,16,17). The van der Waals surface area contributed by atoms with E-state index in [1.165, 1.54) is 16.7 Å². The number of carboxylic acids is 1. The maximum Gasteiger partial charge on any atom is 0.327 e. The van der Waals surface area contributed by atoms with Gasteiger partial charge in [0.05, 0.1) is 25.2 Å². The number of urea groups is 1. The van der Waals surface area contributed by atoms with Crippen LogP contribution in [0.2, 0.25) is 0 Å². The SMILES string of the molecule is COCCOCCNC(=O)N1C(C(=O)O)CSC1C(C)C. The molecule has 1 aliphatic rings. The molecular weight excluding hydrogens is 296 g/mol. The number of carbonyl (C=O) groups is 2. The van der Waals surface area contributed by atoms with Gasteiger partial charge in [0.2, 0.25) is 0 Å². The Labute approximate surface area is 129 Å². The first-order chi connectivity index (χ1) is 9.99. The first-order valence-corrected chi connectivity index (χ1v) is 8.01. The Bertz CT molecular complexity index is 353. The van der Waals surface area contributed by atoms with Crippen LogP contribution in [0.15, 0.2) is 0 Å². The highest BCUT2D eigenvalue weighted by Gasteiger charge is 2.42. The third-order valence-corrected chi connectivity index (χ3v) is 4.70. The average Bonchev–Trinajstić information content (AvgIpc) is 2.87. The summed E-state index contributed by atoms with van der Waals surface area (Å²) in [4.78, 5) is 24.9. The Hall–Kier alpha value is -0.990. The minimum absolute atomic E-state index is 0.111. The summed E-state index contributed by atoms with van der Waals surface area (Å²) in [5.41, 5.74) is 0. The highest BCUT2D eigenvalue weighted by molar-refractivity contribution is 8.00. The van der Waals surface area contributed by atoms with Crippen molar-refractivity contribution in [3.05, 3.63) is 0 Å². The van der Waals surface area contributed by atoms with Crippen molar-refractivity contribution in [1.82, 2.24) is 10.2 Å². The lowest BCUT2D eigenvalue weighted by Crippen LogP contribution is -2.51. The van der Waals surface area contributed by atoms with Crippen molar-refractivity contribution in [2.24, 2.45) is 5.92 Å². The van der Waals surface area contributed by atoms with Crippen molar-refractivity contribution in [1.29, 1.82) is 0 Å². The molecule has 0 bridgehead atoms. The summed E-state index contributed by atoms with van der Waals surface area (Å²) >= 11 is 1.51. The summed E-state index contributed by atoms with van der Waals surface area (Å²) in [5.74, 6) is -0.337. The van der Waals surface area contributed by atoms with Crippen molar-refractivity contribution >= 4 is 23.8 Å². The number of hydrogen-bond acceptors (Lipinski definition) is 5. The van der Waals surface area contributed by atoms with Gasteiger partial charge < -0.3 is 19.9 Å². The zero-order valence-electron chi connectivity index (χ0n) is 12.7. The molecule has 1 aliphatic heterocycles. The first-order valence-electron chi connectivity index (χ1n) is 6.96. The first kappa shape index (κ1) is 18.1. The molecule has 1 rings (SSSR count). The fourth-order valence-electron chi connectivity index (χ4n) is 2.05. The lowest BCUT2D eigenvalue weighted by Gasteiger charge is -2.29. The van der Waals surface area contributed by atoms with Gasteiger partial charge in [-0.3, -0.25) is 4.90 Å². The van der Waals surface area contributed by atoms with Gasteiger partial charge in [0.25, 0.3) is 0 Å². The lowest BCUT2D eigenvalue weighted by atomic mass is 10.2. The fraction of sp³-hybridized carbons (Fsp3) is 0.846. The van der Waals surface area contributed by atoms with Crippen molar-refractivity contribution in [3.8, 4) is 0 Å². The monoisotopic (exact) mass is 320 g/mol. The number of nitrogens with one attached hydrogen (secondary N) is 1. The smallest absolute Gasteiger partial charge is 0.327 e. The van der Waals surface area contributed by atoms with Gasteiger partial charge in [-0.25, -0.2) is 9.59 Å². The highest BCUT2D eigenvalue weighted by Crippen LogP contribution is 2.33. The molecule has 0 saturated carbocycles. The molecule has 2 N–H and O–H groups in total. The highest BCUT2D eigenvalue weighted by atomic mass is 32.2. The summed E-state index contributed by atoms with van der Waals surface area (Å²) in [6.45, 7) is 5.67. The maximum absolute atomic E-state index is 12.2. The molecule has 21 heavy (non-hydrogen) atoms. The van der Waals surface area contributed by atoms with E-state index in [0.29, 0.717) is 32.1 Å². The third kappa shape index (κ3) is 5.37. The second-order valence-electron chi connectivity index (χ2n) is 5.07. The summed E-state index contributed by atoms with van der Waals surface area (Å²) in [7, 11) is 1.59. The summed E-state index contributed by atoms with van der Waals surface area (Å²) in [6.07, 6.45) is 0. The van der Waals surface area contributed by atoms with E-state index in [1.54, 1.807) is 7.11 Å². The molecule has 1 saturated heterocycles. The number of methoxy groups -OCH3 is 1. The molecule has 0 aliphatic carbocycles. The van der Waals surface area contributed by atoms with E-state index in [-0.39, 0.29) is 17.3 Å². The van der Waals surface area contributed by atoms with E-state index in [0.717, 1.165) is 0 Å². The van der Waals surface area contributed by atoms with Gasteiger partial charge in [0, 0.05) is 19.4 Å². The number of nitrogens with zero attached hydrogens (tertiary/aromatic N) is 1. The van der Waals surface area contributed by atoms with Crippen molar-refractivity contribution < 1.29 is 24.2 Å². The predicted octanol–water partition coefficient (Wildman–Crippen LogP) is 0.843. The van der Waals surface area contributed by atoms with E-state index >= 15 is 0 Å². The van der Waals surface area contributed by atoms with E-state index in [2.05, 4.69) is 5.32 Å². The van der Waals surface area contributed by atoms with Crippen molar-refractivity contribution in [2.45, 2.75) is 25.3 Å². The minimum Gasteiger partial charge on any atom is -0.480 e. The fourth-order valence-corrected chi connectivity index (χ4v) is 3.53. The molecule has 0 aromatic carbocycles. The molecule has 0 aromatic rings. The molecule has 0 radical (unpaired) electrons. The number of hydrogen-bond donors (Lipinski definition) is 2. The molecule has 2 unspecified atom stereocenters. The molecule has 2 amide bonds. The number of carbonyl (C=O) groups excluding carboxylic acids is 1. The zero-order valence-corrected chi connectivity index (χ0v) is 13.5. The number of amides is 2. The molecule has 7 nitrogen and oxygen atoms in total. The van der Waals surface area contributed by atoms with Gasteiger partial charge in [-0.15, -0.1) is 11.8 Å². The van der Waals surface area contributed by atoms with Gasteiger partial charge in [0.1, 0.15) is 6.04 Å². The molecule has 8 heteroatoms. The summed E-state index contributed by atoms with van der Waals surface area (Å²) < 4.78 is 10.1. The Morgan fingerprint density at radius 3 is 2.67 bits per heavy atom. The summed E-state index contributed by atoms with van der Waals surface area (Å²) in [5, 5.41) is 11.8. The van der Waals surface area contributed by atoms with Gasteiger partial charge >= 0.3 is 12.0 Å². The van der Waals surface area contributed by atoms with Gasteiger partial charge in [-0.05, 0) is 5.92 Å². The third-order valence-electron chi connectivity index (χ3n) is 3.08. The van der Waals surface area contributed by atoms with Crippen LogP contribution < -0.4 is 5.32 Å². The van der Waals surface area contributed by atoms with Gasteiger partial charge in [-0.2, -0.15) is 0 Å². The number of thioether (sulfide) groups is 1. The van der Waals surface area contributed by atoms with Crippen LogP contribution in [0.3, 0.4) is 0 Å². The Balaban J connectivity index is 2.46. The second kappa shape index (κ2) is 9.11. The van der Waals surface area contributed by atoms with Crippen molar-refractivity contribution in [3.63, 3.8) is 0 Å². The molecule has 122 valence electrons. The summed E-state index contributed by atoms with van der Waals surface area (Å²) in [6, 6.07) is -1.11. The van der Waals surface area contributed by atoms with Gasteiger partial charge in [0.15, 0.2) is 0 Å². The van der Waals surface area contributed by atoms with Crippen LogP contribution in [0.25, 0.3) is 0 Å².